The first kappa shape index (κ1) is 14.7. The van der Waals surface area contributed by atoms with Gasteiger partial charge in [0.05, 0.1) is 0 Å². The van der Waals surface area contributed by atoms with Crippen molar-refractivity contribution in [1.82, 2.24) is 5.32 Å². The maximum absolute atomic E-state index is 9.12. The molecule has 0 spiro atoms. The number of nitrogens with zero attached hydrogens (tertiary/aromatic N) is 1. The number of anilines is 1. The van der Waals surface area contributed by atoms with Crippen LogP contribution in [0.3, 0.4) is 0 Å². The summed E-state index contributed by atoms with van der Waals surface area (Å²) in [6, 6.07) is 7.38. The topological polar surface area (TPSA) is 35.5 Å². The zero-order chi connectivity index (χ0) is 9.10. The molecule has 1 aliphatic heterocycles. The largest absolute Gasteiger partial charge is 0.508 e. The summed E-state index contributed by atoms with van der Waals surface area (Å²) < 4.78 is 0. The summed E-state index contributed by atoms with van der Waals surface area (Å²) in [6.07, 6.45) is 0. The van der Waals surface area contributed by atoms with E-state index >= 15 is 0 Å². The van der Waals surface area contributed by atoms with E-state index in [9.17, 15) is 0 Å². The third-order valence-electron chi connectivity index (χ3n) is 2.33. The lowest BCUT2D eigenvalue weighted by atomic mass is 10.2. The van der Waals surface area contributed by atoms with Crippen LogP contribution in [0.4, 0.5) is 5.69 Å². The number of hydrogen-bond acceptors (Lipinski definition) is 3. The van der Waals surface area contributed by atoms with Crippen LogP contribution in [0, 0.1) is 0 Å². The van der Waals surface area contributed by atoms with E-state index in [0.717, 1.165) is 26.2 Å². The van der Waals surface area contributed by atoms with Crippen molar-refractivity contribution in [3.8, 4) is 5.75 Å². The van der Waals surface area contributed by atoms with Crippen LogP contribution in [0.2, 0.25) is 0 Å². The Morgan fingerprint density at radius 2 is 1.53 bits per heavy atom. The van der Waals surface area contributed by atoms with Crippen LogP contribution in [0.25, 0.3) is 0 Å². The summed E-state index contributed by atoms with van der Waals surface area (Å²) in [6.45, 7) is 4.18. The first-order chi connectivity index (χ1) is 6.36. The molecule has 0 saturated carbocycles. The van der Waals surface area contributed by atoms with E-state index in [-0.39, 0.29) is 34.0 Å². The van der Waals surface area contributed by atoms with Gasteiger partial charge < -0.3 is 15.3 Å². The van der Waals surface area contributed by atoms with Crippen molar-refractivity contribution in [2.24, 2.45) is 0 Å². The van der Waals surface area contributed by atoms with Gasteiger partial charge in [-0.05, 0) is 24.3 Å². The number of rotatable bonds is 1. The number of nitrogens with one attached hydrogen (secondary N) is 1. The third-order valence-corrected chi connectivity index (χ3v) is 2.33. The van der Waals surface area contributed by atoms with Crippen LogP contribution < -0.4 is 10.2 Å². The van der Waals surface area contributed by atoms with Gasteiger partial charge in [-0.1, -0.05) is 0 Å². The molecule has 1 aromatic carbocycles. The lowest BCUT2D eigenvalue weighted by Gasteiger charge is -2.29. The molecular formula is C10H16Br2N2O. The minimum absolute atomic E-state index is 0. The van der Waals surface area contributed by atoms with Crippen LogP contribution in [0.5, 0.6) is 5.75 Å². The zero-order valence-electron chi connectivity index (χ0n) is 8.35. The molecule has 0 unspecified atom stereocenters. The Bertz CT molecular complexity index is 273. The van der Waals surface area contributed by atoms with E-state index < -0.39 is 0 Å². The number of halogens is 2. The van der Waals surface area contributed by atoms with Gasteiger partial charge in [-0.3, -0.25) is 0 Å². The van der Waals surface area contributed by atoms with Crippen molar-refractivity contribution in [2.75, 3.05) is 31.1 Å². The first-order valence-corrected chi connectivity index (χ1v) is 4.61. The molecule has 1 aliphatic rings. The number of hydrogen-bond donors (Lipinski definition) is 2. The number of phenolic OH excluding ortho intramolecular Hbond substituents is 1. The molecule has 3 nitrogen and oxygen atoms in total. The van der Waals surface area contributed by atoms with Crippen molar-refractivity contribution in [2.45, 2.75) is 0 Å². The average Bonchev–Trinajstić information content (AvgIpc) is 2.20. The van der Waals surface area contributed by atoms with E-state index in [2.05, 4.69) is 10.2 Å². The molecule has 0 bridgehead atoms. The quantitative estimate of drug-likeness (QED) is 0.821. The zero-order valence-corrected chi connectivity index (χ0v) is 11.8. The van der Waals surface area contributed by atoms with Crippen LogP contribution >= 0.6 is 34.0 Å². The normalized spacial score (nSPS) is 15.1. The molecule has 0 atom stereocenters. The van der Waals surface area contributed by atoms with Gasteiger partial charge in [0.2, 0.25) is 0 Å². The summed E-state index contributed by atoms with van der Waals surface area (Å²) in [7, 11) is 0. The van der Waals surface area contributed by atoms with Crippen LogP contribution in [-0.4, -0.2) is 31.3 Å². The van der Waals surface area contributed by atoms with E-state index in [1.54, 1.807) is 12.1 Å². The van der Waals surface area contributed by atoms with Crippen molar-refractivity contribution in [1.29, 1.82) is 0 Å². The van der Waals surface area contributed by atoms with Crippen LogP contribution in [-0.2, 0) is 0 Å². The number of aromatic hydroxyl groups is 1. The lowest BCUT2D eigenvalue weighted by Crippen LogP contribution is -2.43. The molecular weight excluding hydrogens is 324 g/mol. The Hall–Kier alpha value is -0.260. The molecule has 0 radical (unpaired) electrons. The summed E-state index contributed by atoms with van der Waals surface area (Å²) in [5.41, 5.74) is 1.19. The van der Waals surface area contributed by atoms with Gasteiger partial charge in [-0.25, -0.2) is 0 Å². The SMILES string of the molecule is Br.Br.Oc1ccc(N2CCNCC2)cc1. The summed E-state index contributed by atoms with van der Waals surface area (Å²) in [5, 5.41) is 12.4. The molecule has 2 rings (SSSR count). The Kier molecular flexibility index (Phi) is 6.96. The number of phenols is 1. The fourth-order valence-electron chi connectivity index (χ4n) is 1.59. The highest BCUT2D eigenvalue weighted by molar-refractivity contribution is 8.93. The fourth-order valence-corrected chi connectivity index (χ4v) is 1.59. The third kappa shape index (κ3) is 4.01. The summed E-state index contributed by atoms with van der Waals surface area (Å²) in [4.78, 5) is 2.32. The Labute approximate surface area is 111 Å². The second kappa shape index (κ2) is 7.09. The number of piperazine rings is 1. The highest BCUT2D eigenvalue weighted by Gasteiger charge is 2.09. The standard InChI is InChI=1S/C10H14N2O.2BrH/c13-10-3-1-9(2-4-10)12-7-5-11-6-8-12;;/h1-4,11,13H,5-8H2;2*1H. The van der Waals surface area contributed by atoms with Gasteiger partial charge in [0.1, 0.15) is 5.75 Å². The van der Waals surface area contributed by atoms with Gasteiger partial charge in [0.25, 0.3) is 0 Å². The van der Waals surface area contributed by atoms with E-state index in [0.29, 0.717) is 5.75 Å². The molecule has 1 heterocycles. The van der Waals surface area contributed by atoms with Gasteiger partial charge >= 0.3 is 0 Å². The smallest absolute Gasteiger partial charge is 0.115 e. The van der Waals surface area contributed by atoms with Gasteiger partial charge in [-0.2, -0.15) is 0 Å². The van der Waals surface area contributed by atoms with Crippen molar-refractivity contribution < 1.29 is 5.11 Å². The van der Waals surface area contributed by atoms with Crippen molar-refractivity contribution in [3.63, 3.8) is 0 Å². The minimum atomic E-state index is 0. The highest BCUT2D eigenvalue weighted by Crippen LogP contribution is 2.18. The summed E-state index contributed by atoms with van der Waals surface area (Å²) >= 11 is 0. The molecule has 86 valence electrons. The monoisotopic (exact) mass is 338 g/mol. The second-order valence-corrected chi connectivity index (χ2v) is 3.25. The van der Waals surface area contributed by atoms with E-state index in [1.807, 2.05) is 12.1 Å². The van der Waals surface area contributed by atoms with Gasteiger partial charge in [0, 0.05) is 31.9 Å². The van der Waals surface area contributed by atoms with E-state index in [1.165, 1.54) is 5.69 Å². The Morgan fingerprint density at radius 3 is 2.07 bits per heavy atom. The minimum Gasteiger partial charge on any atom is -0.508 e. The number of benzene rings is 1. The summed E-state index contributed by atoms with van der Waals surface area (Å²) in [5.74, 6) is 0.332. The molecule has 1 fully saturated rings. The molecule has 15 heavy (non-hydrogen) atoms. The molecule has 1 aromatic rings. The predicted octanol–water partition coefficient (Wildman–Crippen LogP) is 1.96. The Morgan fingerprint density at radius 1 is 1.00 bits per heavy atom. The molecule has 0 aromatic heterocycles. The average molecular weight is 340 g/mol. The molecule has 5 heteroatoms. The fraction of sp³-hybridized carbons (Fsp3) is 0.400. The van der Waals surface area contributed by atoms with Crippen molar-refractivity contribution >= 4 is 39.7 Å². The maximum Gasteiger partial charge on any atom is 0.115 e. The predicted molar refractivity (Wildman–Crippen MR) is 73.8 cm³/mol. The highest BCUT2D eigenvalue weighted by atomic mass is 79.9. The van der Waals surface area contributed by atoms with Gasteiger partial charge in [0.15, 0.2) is 0 Å². The van der Waals surface area contributed by atoms with Gasteiger partial charge in [-0.15, -0.1) is 34.0 Å². The molecule has 2 N–H and O–H groups in total. The second-order valence-electron chi connectivity index (χ2n) is 3.25. The first-order valence-electron chi connectivity index (χ1n) is 4.61. The van der Waals surface area contributed by atoms with E-state index in [4.69, 9.17) is 5.11 Å². The van der Waals surface area contributed by atoms with Crippen molar-refractivity contribution in [3.05, 3.63) is 24.3 Å². The maximum atomic E-state index is 9.12. The molecule has 1 saturated heterocycles. The van der Waals surface area contributed by atoms with Crippen LogP contribution in [0.1, 0.15) is 0 Å². The molecule has 0 amide bonds. The Balaban J connectivity index is 0.000000980. The van der Waals surface area contributed by atoms with Crippen LogP contribution in [0.15, 0.2) is 24.3 Å². The molecule has 0 aliphatic carbocycles. The lowest BCUT2D eigenvalue weighted by molar-refractivity contribution is 0.475.